The van der Waals surface area contributed by atoms with Gasteiger partial charge in [0.25, 0.3) is 0 Å². The molecule has 0 aliphatic carbocycles. The predicted octanol–water partition coefficient (Wildman–Crippen LogP) is 1.73. The molecule has 0 bridgehead atoms. The molecule has 0 amide bonds. The highest BCUT2D eigenvalue weighted by Crippen LogP contribution is 2.16. The molecule has 120 valence electrons. The van der Waals surface area contributed by atoms with Crippen molar-refractivity contribution in [3.63, 3.8) is 0 Å². The molecule has 2 heterocycles. The Morgan fingerprint density at radius 2 is 2.05 bits per heavy atom. The Morgan fingerprint density at radius 3 is 2.59 bits per heavy atom. The topological polar surface area (TPSA) is 69.7 Å². The predicted molar refractivity (Wildman–Crippen MR) is 81.1 cm³/mol. The van der Waals surface area contributed by atoms with E-state index in [1.807, 2.05) is 6.07 Å². The van der Waals surface area contributed by atoms with Gasteiger partial charge in [-0.25, -0.2) is 4.79 Å². The van der Waals surface area contributed by atoms with E-state index >= 15 is 0 Å². The van der Waals surface area contributed by atoms with Crippen LogP contribution in [0.2, 0.25) is 0 Å². The van der Waals surface area contributed by atoms with E-state index in [9.17, 15) is 10.1 Å². The van der Waals surface area contributed by atoms with E-state index in [0.717, 1.165) is 31.9 Å². The van der Waals surface area contributed by atoms with Crippen LogP contribution in [0.15, 0.2) is 16.5 Å². The minimum absolute atomic E-state index is 0.0170. The fraction of sp³-hybridized carbons (Fsp3) is 0.625. The largest absolute Gasteiger partial charge is 0.463 e. The van der Waals surface area contributed by atoms with E-state index < -0.39 is 5.97 Å². The number of methoxy groups -OCH3 is 1. The molecule has 0 N–H and O–H groups in total. The van der Waals surface area contributed by atoms with Crippen molar-refractivity contribution in [1.29, 1.82) is 5.26 Å². The summed E-state index contributed by atoms with van der Waals surface area (Å²) in [5.41, 5.74) is 0. The van der Waals surface area contributed by atoms with Crippen LogP contribution in [0.25, 0.3) is 0 Å². The molecule has 0 aromatic carbocycles. The third kappa shape index (κ3) is 3.87. The Hall–Kier alpha value is -1.84. The summed E-state index contributed by atoms with van der Waals surface area (Å²) in [4.78, 5) is 15.9. The highest BCUT2D eigenvalue weighted by atomic mass is 16.5. The maximum atomic E-state index is 11.4. The van der Waals surface area contributed by atoms with Gasteiger partial charge in [-0.05, 0) is 18.1 Å². The lowest BCUT2D eigenvalue weighted by Gasteiger charge is -2.37. The number of furan rings is 1. The van der Waals surface area contributed by atoms with Gasteiger partial charge in [-0.15, -0.1) is 0 Å². The van der Waals surface area contributed by atoms with E-state index in [-0.39, 0.29) is 11.8 Å². The summed E-state index contributed by atoms with van der Waals surface area (Å²) < 4.78 is 10.1. The molecule has 1 aromatic heterocycles. The van der Waals surface area contributed by atoms with Crippen molar-refractivity contribution in [3.05, 3.63) is 23.7 Å². The number of nitrogens with zero attached hydrogens (tertiary/aromatic N) is 3. The first-order valence-corrected chi connectivity index (χ1v) is 7.58. The summed E-state index contributed by atoms with van der Waals surface area (Å²) in [6.07, 6.45) is 0. The van der Waals surface area contributed by atoms with Crippen LogP contribution in [0.1, 0.15) is 30.2 Å². The second-order valence-electron chi connectivity index (χ2n) is 5.89. The fourth-order valence-corrected chi connectivity index (χ4v) is 2.75. The van der Waals surface area contributed by atoms with Gasteiger partial charge in [0.05, 0.1) is 19.7 Å². The minimum Gasteiger partial charge on any atom is -0.463 e. The highest BCUT2D eigenvalue weighted by Gasteiger charge is 2.26. The van der Waals surface area contributed by atoms with Gasteiger partial charge < -0.3 is 9.15 Å². The molecule has 6 heteroatoms. The Labute approximate surface area is 131 Å². The highest BCUT2D eigenvalue weighted by molar-refractivity contribution is 5.86. The number of rotatable bonds is 5. The number of esters is 1. The zero-order valence-electron chi connectivity index (χ0n) is 13.4. The van der Waals surface area contributed by atoms with Crippen molar-refractivity contribution in [3.8, 4) is 6.07 Å². The molecular weight excluding hydrogens is 282 g/mol. The lowest BCUT2D eigenvalue weighted by Crippen LogP contribution is -2.50. The maximum Gasteiger partial charge on any atom is 0.373 e. The first-order valence-electron chi connectivity index (χ1n) is 7.58. The third-order valence-corrected chi connectivity index (χ3v) is 3.99. The van der Waals surface area contributed by atoms with Crippen molar-refractivity contribution in [2.75, 3.05) is 33.3 Å². The molecule has 1 fully saturated rings. The standard InChI is InChI=1S/C16H23N3O3/c1-12(2)14(10-17)19-8-6-18(7-9-19)11-13-4-5-15(22-13)16(20)21-3/h4-5,12,14H,6-9,11H2,1-3H3/t14-/m1/s1. The molecule has 2 rings (SSSR count). The molecule has 1 saturated heterocycles. The SMILES string of the molecule is COC(=O)c1ccc(CN2CCN([C@H](C#N)C(C)C)CC2)o1. The van der Waals surface area contributed by atoms with Gasteiger partial charge in [-0.3, -0.25) is 9.80 Å². The molecule has 1 aromatic rings. The maximum absolute atomic E-state index is 11.4. The molecule has 1 aliphatic heterocycles. The Morgan fingerprint density at radius 1 is 1.36 bits per heavy atom. The van der Waals surface area contributed by atoms with E-state index in [1.54, 1.807) is 6.07 Å². The molecule has 0 radical (unpaired) electrons. The zero-order chi connectivity index (χ0) is 16.1. The number of hydrogen-bond donors (Lipinski definition) is 0. The lowest BCUT2D eigenvalue weighted by molar-refractivity contribution is 0.0557. The van der Waals surface area contributed by atoms with Crippen LogP contribution >= 0.6 is 0 Å². The van der Waals surface area contributed by atoms with E-state index in [0.29, 0.717) is 12.5 Å². The molecule has 1 atom stereocenters. The van der Waals surface area contributed by atoms with Gasteiger partial charge >= 0.3 is 5.97 Å². The summed E-state index contributed by atoms with van der Waals surface area (Å²) in [6, 6.07) is 5.83. The number of piperazine rings is 1. The Balaban J connectivity index is 1.86. The van der Waals surface area contributed by atoms with Crippen LogP contribution < -0.4 is 0 Å². The minimum atomic E-state index is -0.454. The van der Waals surface area contributed by atoms with Crippen molar-refractivity contribution in [1.82, 2.24) is 9.80 Å². The average Bonchev–Trinajstić information content (AvgIpc) is 2.97. The van der Waals surface area contributed by atoms with Crippen molar-refractivity contribution in [2.45, 2.75) is 26.4 Å². The second kappa shape index (κ2) is 7.43. The summed E-state index contributed by atoms with van der Waals surface area (Å²) in [6.45, 7) is 8.36. The summed E-state index contributed by atoms with van der Waals surface area (Å²) in [5, 5.41) is 9.26. The number of hydrogen-bond acceptors (Lipinski definition) is 6. The monoisotopic (exact) mass is 305 g/mol. The quantitative estimate of drug-likeness (QED) is 0.772. The van der Waals surface area contributed by atoms with Crippen molar-refractivity contribution in [2.24, 2.45) is 5.92 Å². The number of nitriles is 1. The summed E-state index contributed by atoms with van der Waals surface area (Å²) in [7, 11) is 1.34. The first kappa shape index (κ1) is 16.5. The molecule has 0 spiro atoms. The third-order valence-electron chi connectivity index (χ3n) is 3.99. The normalized spacial score (nSPS) is 18.1. The van der Waals surface area contributed by atoms with Crippen molar-refractivity contribution >= 4 is 5.97 Å². The van der Waals surface area contributed by atoms with Crippen LogP contribution in [-0.4, -0.2) is 55.1 Å². The second-order valence-corrected chi connectivity index (χ2v) is 5.89. The van der Waals surface area contributed by atoms with Gasteiger partial charge in [0, 0.05) is 26.2 Å². The Kier molecular flexibility index (Phi) is 5.58. The van der Waals surface area contributed by atoms with Gasteiger partial charge in [-0.2, -0.15) is 5.26 Å². The Bertz CT molecular complexity index is 539. The molecule has 0 saturated carbocycles. The smallest absolute Gasteiger partial charge is 0.373 e. The van der Waals surface area contributed by atoms with Crippen LogP contribution in [0, 0.1) is 17.2 Å². The summed E-state index contributed by atoms with van der Waals surface area (Å²) >= 11 is 0. The van der Waals surface area contributed by atoms with Crippen LogP contribution in [0.4, 0.5) is 0 Å². The average molecular weight is 305 g/mol. The molecule has 22 heavy (non-hydrogen) atoms. The van der Waals surface area contributed by atoms with Gasteiger partial charge in [0.15, 0.2) is 0 Å². The van der Waals surface area contributed by atoms with Crippen LogP contribution in [0.5, 0.6) is 0 Å². The van der Waals surface area contributed by atoms with E-state index in [4.69, 9.17) is 4.42 Å². The first-order chi connectivity index (χ1) is 10.5. The zero-order valence-corrected chi connectivity index (χ0v) is 13.4. The molecule has 1 aliphatic rings. The van der Waals surface area contributed by atoms with Crippen LogP contribution in [0.3, 0.4) is 0 Å². The van der Waals surface area contributed by atoms with Crippen LogP contribution in [-0.2, 0) is 11.3 Å². The fourth-order valence-electron chi connectivity index (χ4n) is 2.75. The summed E-state index contributed by atoms with van der Waals surface area (Å²) in [5.74, 6) is 0.879. The van der Waals surface area contributed by atoms with Gasteiger partial charge in [-0.1, -0.05) is 13.8 Å². The molecule has 6 nitrogen and oxygen atoms in total. The van der Waals surface area contributed by atoms with E-state index in [1.165, 1.54) is 7.11 Å². The van der Waals surface area contributed by atoms with Gasteiger partial charge in [0.1, 0.15) is 11.8 Å². The van der Waals surface area contributed by atoms with Gasteiger partial charge in [0.2, 0.25) is 5.76 Å². The van der Waals surface area contributed by atoms with Crippen molar-refractivity contribution < 1.29 is 13.9 Å². The number of ether oxygens (including phenoxy) is 1. The lowest BCUT2D eigenvalue weighted by atomic mass is 10.0. The molecular formula is C16H23N3O3. The number of carbonyl (C=O) groups excluding carboxylic acids is 1. The molecule has 0 unspecified atom stereocenters. The van der Waals surface area contributed by atoms with E-state index in [2.05, 4.69) is 34.5 Å². The number of carbonyl (C=O) groups is 1.